The Kier molecular flexibility index (Phi) is 9.72. The molecule has 1 amide bonds. The Hall–Kier alpha value is -3.67. The zero-order valence-electron chi connectivity index (χ0n) is 21.1. The fourth-order valence-electron chi connectivity index (χ4n) is 4.01. The fraction of sp³-hybridized carbons (Fsp3) is 0.571. The number of halogens is 6. The highest BCUT2D eigenvalue weighted by atomic mass is 19.4. The summed E-state index contributed by atoms with van der Waals surface area (Å²) in [5, 5.41) is 18.5. The number of carbonyl (C=O) groups is 3. The lowest BCUT2D eigenvalue weighted by Crippen LogP contribution is -2.64. The van der Waals surface area contributed by atoms with E-state index in [0.717, 1.165) is 37.6 Å². The van der Waals surface area contributed by atoms with Crippen LogP contribution in [0.15, 0.2) is 24.8 Å². The molecule has 12 nitrogen and oxygen atoms in total. The van der Waals surface area contributed by atoms with Gasteiger partial charge >= 0.3 is 24.3 Å². The van der Waals surface area contributed by atoms with E-state index in [9.17, 15) is 31.1 Å². The van der Waals surface area contributed by atoms with Crippen LogP contribution in [-0.2, 0) is 35.0 Å². The van der Waals surface area contributed by atoms with Crippen LogP contribution in [0.1, 0.15) is 12.2 Å². The molecule has 2 aromatic heterocycles. The number of likely N-dealkylation sites (N-methyl/N-ethyl adjacent to an activating group) is 1. The van der Waals surface area contributed by atoms with Gasteiger partial charge in [-0.3, -0.25) is 19.3 Å². The maximum absolute atomic E-state index is 12.6. The Morgan fingerprint density at radius 1 is 1.03 bits per heavy atom. The molecule has 218 valence electrons. The molecule has 4 rings (SSSR count). The molecule has 0 radical (unpaired) electrons. The van der Waals surface area contributed by atoms with Gasteiger partial charge in [-0.05, 0) is 13.5 Å². The van der Waals surface area contributed by atoms with Crippen LogP contribution in [0, 0.1) is 0 Å². The monoisotopic (exact) mass is 571 g/mol. The summed E-state index contributed by atoms with van der Waals surface area (Å²) in [5.74, 6) is -4.29. The Morgan fingerprint density at radius 3 is 2.03 bits per heavy atom. The quantitative estimate of drug-likeness (QED) is 0.523. The van der Waals surface area contributed by atoms with E-state index in [2.05, 4.69) is 31.5 Å². The minimum Gasteiger partial charge on any atom is -0.475 e. The number of alkyl halides is 6. The van der Waals surface area contributed by atoms with Gasteiger partial charge in [-0.25, -0.2) is 14.6 Å². The van der Waals surface area contributed by atoms with Crippen molar-refractivity contribution in [2.75, 3.05) is 38.1 Å². The molecule has 2 aliphatic rings. The van der Waals surface area contributed by atoms with E-state index < -0.39 is 24.3 Å². The lowest BCUT2D eigenvalue weighted by Gasteiger charge is -2.46. The fourth-order valence-corrected chi connectivity index (χ4v) is 4.01. The van der Waals surface area contributed by atoms with Gasteiger partial charge in [-0.15, -0.1) is 0 Å². The van der Waals surface area contributed by atoms with Crippen LogP contribution in [0.3, 0.4) is 0 Å². The average molecular weight is 571 g/mol. The summed E-state index contributed by atoms with van der Waals surface area (Å²) in [7, 11) is 5.98. The number of aromatic nitrogens is 4. The molecular formula is C21H27F6N7O5. The van der Waals surface area contributed by atoms with E-state index in [1.807, 2.05) is 37.6 Å². The van der Waals surface area contributed by atoms with Crippen LogP contribution in [0.5, 0.6) is 0 Å². The number of anilines is 1. The summed E-state index contributed by atoms with van der Waals surface area (Å²) >= 11 is 0. The number of carboxylic acids is 2. The second-order valence-electron chi connectivity index (χ2n) is 8.95. The largest absolute Gasteiger partial charge is 0.490 e. The van der Waals surface area contributed by atoms with Crippen LogP contribution in [0.4, 0.5) is 32.0 Å². The summed E-state index contributed by atoms with van der Waals surface area (Å²) in [6.45, 7) is 3.98. The SMILES string of the molecule is CN1CC(=O)N(c2cnn(C)c2)CC12CCN(Cc1nccn1C)C2.O=C(O)C(F)(F)F.O=C(O)C(F)(F)F. The van der Waals surface area contributed by atoms with Crippen molar-refractivity contribution in [1.29, 1.82) is 0 Å². The molecule has 2 aliphatic heterocycles. The van der Waals surface area contributed by atoms with E-state index in [1.165, 1.54) is 0 Å². The lowest BCUT2D eigenvalue weighted by molar-refractivity contribution is -0.193. The number of carboxylic acid groups (broad SMARTS) is 2. The van der Waals surface area contributed by atoms with Gasteiger partial charge < -0.3 is 19.7 Å². The van der Waals surface area contributed by atoms with Crippen molar-refractivity contribution in [2.45, 2.75) is 30.9 Å². The standard InChI is InChI=1S/C17H25N7O.2C2HF3O2/c1-20-7-5-18-15(20)10-23-6-4-17(12-23)13-24(16(25)11-21(17)2)14-8-19-22(3)9-14;2*3-2(4,5)1(6)7/h5,7-9H,4,6,10-13H2,1-3H3;2*(H,6,7). The normalized spacial score (nSPS) is 20.3. The molecule has 2 N–H and O–H groups in total. The maximum Gasteiger partial charge on any atom is 0.490 e. The minimum atomic E-state index is -5.08. The number of nitrogens with zero attached hydrogens (tertiary/aromatic N) is 7. The first kappa shape index (κ1) is 31.5. The van der Waals surface area contributed by atoms with Crippen molar-refractivity contribution in [3.8, 4) is 0 Å². The first-order valence-electron chi connectivity index (χ1n) is 11.1. The minimum absolute atomic E-state index is 0.00504. The van der Waals surface area contributed by atoms with Crippen LogP contribution >= 0.6 is 0 Å². The van der Waals surface area contributed by atoms with Gasteiger partial charge in [0.15, 0.2) is 0 Å². The number of aliphatic carboxylic acids is 2. The van der Waals surface area contributed by atoms with Crippen molar-refractivity contribution in [3.05, 3.63) is 30.6 Å². The highest BCUT2D eigenvalue weighted by Gasteiger charge is 2.48. The Bertz CT molecular complexity index is 1140. The van der Waals surface area contributed by atoms with Gasteiger partial charge in [0.1, 0.15) is 5.82 Å². The molecule has 0 aromatic carbocycles. The van der Waals surface area contributed by atoms with Gasteiger partial charge in [0, 0.05) is 52.3 Å². The molecule has 1 atom stereocenters. The Morgan fingerprint density at radius 2 is 1.59 bits per heavy atom. The van der Waals surface area contributed by atoms with E-state index in [1.54, 1.807) is 10.9 Å². The summed E-state index contributed by atoms with van der Waals surface area (Å²) in [4.78, 5) is 41.4. The number of likely N-dealkylation sites (tertiary alicyclic amines) is 1. The number of amides is 1. The highest BCUT2D eigenvalue weighted by Crippen LogP contribution is 2.33. The second kappa shape index (κ2) is 12.0. The molecule has 1 spiro atoms. The third-order valence-corrected chi connectivity index (χ3v) is 6.12. The molecular weight excluding hydrogens is 544 g/mol. The van der Waals surface area contributed by atoms with Gasteiger partial charge in [-0.1, -0.05) is 0 Å². The number of rotatable bonds is 3. The number of hydrogen-bond donors (Lipinski definition) is 2. The van der Waals surface area contributed by atoms with Gasteiger partial charge in [-0.2, -0.15) is 31.4 Å². The summed E-state index contributed by atoms with van der Waals surface area (Å²) in [6.07, 6.45) is -1.60. The van der Waals surface area contributed by atoms with Crippen LogP contribution in [0.2, 0.25) is 0 Å². The average Bonchev–Trinajstić information content (AvgIpc) is 3.52. The van der Waals surface area contributed by atoms with E-state index in [0.29, 0.717) is 13.1 Å². The van der Waals surface area contributed by atoms with Crippen molar-refractivity contribution in [3.63, 3.8) is 0 Å². The molecule has 18 heteroatoms. The molecule has 0 bridgehead atoms. The van der Waals surface area contributed by atoms with E-state index in [-0.39, 0.29) is 11.4 Å². The Balaban J connectivity index is 0.000000317. The third-order valence-electron chi connectivity index (χ3n) is 6.12. The van der Waals surface area contributed by atoms with Gasteiger partial charge in [0.25, 0.3) is 0 Å². The van der Waals surface area contributed by atoms with Crippen molar-refractivity contribution >= 4 is 23.5 Å². The van der Waals surface area contributed by atoms with E-state index >= 15 is 0 Å². The lowest BCUT2D eigenvalue weighted by atomic mass is 9.93. The predicted molar refractivity (Wildman–Crippen MR) is 121 cm³/mol. The smallest absolute Gasteiger partial charge is 0.475 e. The van der Waals surface area contributed by atoms with Gasteiger partial charge in [0.05, 0.1) is 30.5 Å². The number of aryl methyl sites for hydroxylation is 2. The molecule has 2 saturated heterocycles. The van der Waals surface area contributed by atoms with Crippen LogP contribution in [-0.4, -0.2) is 108 Å². The molecule has 39 heavy (non-hydrogen) atoms. The summed E-state index contributed by atoms with van der Waals surface area (Å²) < 4.78 is 67.3. The van der Waals surface area contributed by atoms with E-state index in [4.69, 9.17) is 19.8 Å². The number of carbonyl (C=O) groups excluding carboxylic acids is 1. The molecule has 2 fully saturated rings. The first-order chi connectivity index (χ1) is 17.9. The van der Waals surface area contributed by atoms with Crippen molar-refractivity contribution in [2.24, 2.45) is 14.1 Å². The number of piperazine rings is 1. The zero-order chi connectivity index (χ0) is 29.8. The number of hydrogen-bond acceptors (Lipinski definition) is 7. The Labute approximate surface area is 218 Å². The van der Waals surface area contributed by atoms with Crippen LogP contribution < -0.4 is 4.90 Å². The molecule has 0 saturated carbocycles. The summed E-state index contributed by atoms with van der Waals surface area (Å²) in [5.41, 5.74) is 0.886. The zero-order valence-corrected chi connectivity index (χ0v) is 21.1. The first-order valence-corrected chi connectivity index (χ1v) is 11.1. The second-order valence-corrected chi connectivity index (χ2v) is 8.95. The molecule has 1 unspecified atom stereocenters. The number of imidazole rings is 1. The third kappa shape index (κ3) is 8.41. The molecule has 2 aromatic rings. The topological polar surface area (TPSA) is 137 Å². The van der Waals surface area contributed by atoms with Crippen molar-refractivity contribution in [1.82, 2.24) is 29.1 Å². The maximum atomic E-state index is 12.6. The molecule has 0 aliphatic carbocycles. The van der Waals surface area contributed by atoms with Crippen molar-refractivity contribution < 1.29 is 50.9 Å². The van der Waals surface area contributed by atoms with Gasteiger partial charge in [0.2, 0.25) is 5.91 Å². The summed E-state index contributed by atoms with van der Waals surface area (Å²) in [6, 6.07) is 0. The predicted octanol–water partition coefficient (Wildman–Crippen LogP) is 1.34. The van der Waals surface area contributed by atoms with Crippen LogP contribution in [0.25, 0.3) is 0 Å². The molecule has 4 heterocycles. The highest BCUT2D eigenvalue weighted by molar-refractivity contribution is 5.95.